The maximum atomic E-state index is 9.79. The number of halogens is 1. The summed E-state index contributed by atoms with van der Waals surface area (Å²) in [4.78, 5) is 2.42. The van der Waals surface area contributed by atoms with Gasteiger partial charge in [-0.1, -0.05) is 11.6 Å². The molecule has 19 heavy (non-hydrogen) atoms. The Morgan fingerprint density at radius 2 is 2.11 bits per heavy atom. The Hall–Kier alpha value is -0.970. The highest BCUT2D eigenvalue weighted by Gasteiger charge is 2.16. The fraction of sp³-hybridized carbons (Fsp3) is 0.571. The number of benzene rings is 1. The van der Waals surface area contributed by atoms with Crippen LogP contribution in [0.25, 0.3) is 0 Å². The van der Waals surface area contributed by atoms with Crippen molar-refractivity contribution in [2.75, 3.05) is 39.8 Å². The molecule has 1 fully saturated rings. The Labute approximate surface area is 119 Å². The summed E-state index contributed by atoms with van der Waals surface area (Å²) in [6.07, 6.45) is 0.876. The summed E-state index contributed by atoms with van der Waals surface area (Å²) in [7, 11) is 1.52. The molecule has 1 aromatic rings. The summed E-state index contributed by atoms with van der Waals surface area (Å²) >= 11 is 6.32. The molecule has 1 aromatic carbocycles. The number of hydrogen-bond acceptors (Lipinski definition) is 4. The highest BCUT2D eigenvalue weighted by molar-refractivity contribution is 6.33. The van der Waals surface area contributed by atoms with Gasteiger partial charge in [0.2, 0.25) is 0 Å². The molecular weight excluding hydrogens is 264 g/mol. The van der Waals surface area contributed by atoms with Crippen molar-refractivity contribution in [2.24, 2.45) is 0 Å². The molecule has 0 aliphatic carbocycles. The average Bonchev–Trinajstić information content (AvgIpc) is 2.39. The van der Waals surface area contributed by atoms with E-state index >= 15 is 0 Å². The summed E-state index contributed by atoms with van der Waals surface area (Å²) in [5.74, 6) is 0.485. The van der Waals surface area contributed by atoms with Gasteiger partial charge in [0.1, 0.15) is 0 Å². The van der Waals surface area contributed by atoms with Crippen molar-refractivity contribution in [3.63, 3.8) is 0 Å². The maximum absolute atomic E-state index is 9.79. The number of methoxy groups -OCH3 is 1. The van der Waals surface area contributed by atoms with E-state index in [1.165, 1.54) is 7.11 Å². The Morgan fingerprint density at radius 3 is 2.74 bits per heavy atom. The second-order valence-corrected chi connectivity index (χ2v) is 5.26. The van der Waals surface area contributed by atoms with Gasteiger partial charge in [-0.2, -0.15) is 0 Å². The van der Waals surface area contributed by atoms with E-state index in [9.17, 15) is 5.11 Å². The normalized spacial score (nSPS) is 16.6. The topological polar surface area (TPSA) is 44.7 Å². The van der Waals surface area contributed by atoms with Crippen LogP contribution in [0, 0.1) is 6.92 Å². The molecule has 106 valence electrons. The van der Waals surface area contributed by atoms with Crippen LogP contribution in [0.2, 0.25) is 5.02 Å². The SMILES string of the molecule is COc1c(O)cc(C)c(CCN2CCNCC2)c1Cl. The highest BCUT2D eigenvalue weighted by atomic mass is 35.5. The molecule has 0 aromatic heterocycles. The number of hydrogen-bond donors (Lipinski definition) is 2. The van der Waals surface area contributed by atoms with E-state index < -0.39 is 0 Å². The van der Waals surface area contributed by atoms with Crippen molar-refractivity contribution in [1.29, 1.82) is 0 Å². The van der Waals surface area contributed by atoms with Crippen molar-refractivity contribution < 1.29 is 9.84 Å². The molecule has 0 radical (unpaired) electrons. The molecule has 2 N–H and O–H groups in total. The number of phenolic OH excluding ortho intramolecular Hbond substituents is 1. The Balaban J connectivity index is 2.10. The van der Waals surface area contributed by atoms with Crippen LogP contribution in [0.15, 0.2) is 6.07 Å². The molecule has 2 rings (SSSR count). The lowest BCUT2D eigenvalue weighted by atomic mass is 10.0. The highest BCUT2D eigenvalue weighted by Crippen LogP contribution is 2.38. The summed E-state index contributed by atoms with van der Waals surface area (Å²) in [5, 5.41) is 13.7. The van der Waals surface area contributed by atoms with E-state index in [-0.39, 0.29) is 5.75 Å². The number of ether oxygens (including phenoxy) is 1. The van der Waals surface area contributed by atoms with Gasteiger partial charge in [0.05, 0.1) is 12.1 Å². The molecule has 1 saturated heterocycles. The second kappa shape index (κ2) is 6.46. The monoisotopic (exact) mass is 284 g/mol. The smallest absolute Gasteiger partial charge is 0.179 e. The largest absolute Gasteiger partial charge is 0.504 e. The summed E-state index contributed by atoms with van der Waals surface area (Å²) < 4.78 is 5.16. The fourth-order valence-electron chi connectivity index (χ4n) is 2.49. The third kappa shape index (κ3) is 3.32. The average molecular weight is 285 g/mol. The zero-order valence-corrected chi connectivity index (χ0v) is 12.3. The van der Waals surface area contributed by atoms with Gasteiger partial charge in [0.15, 0.2) is 11.5 Å². The van der Waals surface area contributed by atoms with Gasteiger partial charge < -0.3 is 20.1 Å². The molecule has 5 heteroatoms. The second-order valence-electron chi connectivity index (χ2n) is 4.88. The molecule has 0 bridgehead atoms. The van der Waals surface area contributed by atoms with Crippen LogP contribution in [0.3, 0.4) is 0 Å². The van der Waals surface area contributed by atoms with Gasteiger partial charge in [0.25, 0.3) is 0 Å². The van der Waals surface area contributed by atoms with E-state index in [0.29, 0.717) is 10.8 Å². The lowest BCUT2D eigenvalue weighted by Gasteiger charge is -2.27. The first-order valence-electron chi connectivity index (χ1n) is 6.61. The minimum absolute atomic E-state index is 0.107. The van der Waals surface area contributed by atoms with Crippen LogP contribution < -0.4 is 10.1 Å². The van der Waals surface area contributed by atoms with Crippen molar-refractivity contribution in [2.45, 2.75) is 13.3 Å². The van der Waals surface area contributed by atoms with E-state index in [1.54, 1.807) is 6.07 Å². The van der Waals surface area contributed by atoms with E-state index in [2.05, 4.69) is 10.2 Å². The van der Waals surface area contributed by atoms with Crippen molar-refractivity contribution in [3.8, 4) is 11.5 Å². The van der Waals surface area contributed by atoms with Gasteiger partial charge in [0, 0.05) is 32.7 Å². The molecule has 1 aliphatic rings. The number of rotatable bonds is 4. The molecule has 1 aliphatic heterocycles. The van der Waals surface area contributed by atoms with Crippen molar-refractivity contribution in [1.82, 2.24) is 10.2 Å². The molecule has 4 nitrogen and oxygen atoms in total. The van der Waals surface area contributed by atoms with Crippen LogP contribution in [0.1, 0.15) is 11.1 Å². The van der Waals surface area contributed by atoms with Gasteiger partial charge >= 0.3 is 0 Å². The van der Waals surface area contributed by atoms with Crippen LogP contribution in [-0.4, -0.2) is 49.8 Å². The van der Waals surface area contributed by atoms with Crippen molar-refractivity contribution >= 4 is 11.6 Å². The first-order chi connectivity index (χ1) is 9.13. The predicted octanol–water partition coefficient (Wildman–Crippen LogP) is 1.81. The van der Waals surface area contributed by atoms with E-state index in [1.807, 2.05) is 6.92 Å². The quantitative estimate of drug-likeness (QED) is 0.885. The van der Waals surface area contributed by atoms with Gasteiger partial charge in [-0.05, 0) is 30.5 Å². The molecule has 0 amide bonds. The third-order valence-electron chi connectivity index (χ3n) is 3.62. The molecule has 0 unspecified atom stereocenters. The van der Waals surface area contributed by atoms with Crippen LogP contribution >= 0.6 is 11.6 Å². The maximum Gasteiger partial charge on any atom is 0.179 e. The minimum atomic E-state index is 0.107. The number of aromatic hydroxyl groups is 1. The lowest BCUT2D eigenvalue weighted by Crippen LogP contribution is -2.44. The number of nitrogens with zero attached hydrogens (tertiary/aromatic N) is 1. The third-order valence-corrected chi connectivity index (χ3v) is 4.02. The Bertz CT molecular complexity index is 446. The van der Waals surface area contributed by atoms with Crippen LogP contribution in [0.5, 0.6) is 11.5 Å². The summed E-state index contributed by atoms with van der Waals surface area (Å²) in [6.45, 7) is 7.20. The van der Waals surface area contributed by atoms with Crippen LogP contribution in [0.4, 0.5) is 0 Å². The zero-order chi connectivity index (χ0) is 13.8. The van der Waals surface area contributed by atoms with Crippen LogP contribution in [-0.2, 0) is 6.42 Å². The van der Waals surface area contributed by atoms with Gasteiger partial charge in [-0.15, -0.1) is 0 Å². The zero-order valence-electron chi connectivity index (χ0n) is 11.5. The van der Waals surface area contributed by atoms with Gasteiger partial charge in [-0.25, -0.2) is 0 Å². The standard InChI is InChI=1S/C14H21ClN2O2/c1-10-9-12(18)14(19-2)13(15)11(10)3-6-17-7-4-16-5-8-17/h9,16,18H,3-8H2,1-2H3. The summed E-state index contributed by atoms with van der Waals surface area (Å²) in [6, 6.07) is 1.72. The first-order valence-corrected chi connectivity index (χ1v) is 6.99. The lowest BCUT2D eigenvalue weighted by molar-refractivity contribution is 0.243. The van der Waals surface area contributed by atoms with E-state index in [4.69, 9.17) is 16.3 Å². The number of aryl methyl sites for hydroxylation is 1. The summed E-state index contributed by atoms with van der Waals surface area (Å²) in [5.41, 5.74) is 2.08. The molecule has 0 spiro atoms. The predicted molar refractivity (Wildman–Crippen MR) is 77.4 cm³/mol. The molecule has 1 heterocycles. The fourth-order valence-corrected chi connectivity index (χ4v) is 2.90. The molecule has 0 atom stereocenters. The van der Waals surface area contributed by atoms with Crippen molar-refractivity contribution in [3.05, 3.63) is 22.2 Å². The number of piperazine rings is 1. The van der Waals surface area contributed by atoms with Gasteiger partial charge in [-0.3, -0.25) is 0 Å². The van der Waals surface area contributed by atoms with E-state index in [0.717, 1.165) is 50.3 Å². The minimum Gasteiger partial charge on any atom is -0.504 e. The number of phenols is 1. The molecule has 0 saturated carbocycles. The Morgan fingerprint density at radius 1 is 1.42 bits per heavy atom. The molecular formula is C14H21ClN2O2. The number of nitrogens with one attached hydrogen (secondary N) is 1. The Kier molecular flexibility index (Phi) is 4.91. The first kappa shape index (κ1) is 14.4.